The van der Waals surface area contributed by atoms with Crippen molar-refractivity contribution in [1.82, 2.24) is 24.8 Å². The first-order valence-electron chi connectivity index (χ1n) is 11.2. The lowest BCUT2D eigenvalue weighted by atomic mass is 9.96. The maximum Gasteiger partial charge on any atom is 0.170 e. The van der Waals surface area contributed by atoms with Crippen LogP contribution in [-0.4, -0.2) is 24.5 Å². The molecule has 0 amide bonds. The number of aromatic nitrogens is 3. The highest BCUT2D eigenvalue weighted by molar-refractivity contribution is 7.80. The summed E-state index contributed by atoms with van der Waals surface area (Å²) in [4.78, 5) is 11.1. The SMILES string of the molecule is Cc1ccccc1-n1c(C)cc([C@H]2[C@H](c3ccccn3)NC(=S)N2Cc2ccncc2)c1C. The minimum Gasteiger partial charge on any atom is -0.352 e. The van der Waals surface area contributed by atoms with E-state index in [1.807, 2.05) is 42.9 Å². The van der Waals surface area contributed by atoms with E-state index in [0.29, 0.717) is 6.54 Å². The Balaban J connectivity index is 1.63. The highest BCUT2D eigenvalue weighted by atomic mass is 32.1. The average Bonchev–Trinajstić information content (AvgIpc) is 3.30. The quantitative estimate of drug-likeness (QED) is 0.412. The Labute approximate surface area is 200 Å². The second-order valence-electron chi connectivity index (χ2n) is 8.56. The van der Waals surface area contributed by atoms with Crippen LogP contribution in [0.3, 0.4) is 0 Å². The van der Waals surface area contributed by atoms with Crippen molar-refractivity contribution in [3.63, 3.8) is 0 Å². The first-order chi connectivity index (χ1) is 16.0. The Kier molecular flexibility index (Phi) is 5.68. The number of benzene rings is 1. The molecule has 1 aliphatic heterocycles. The van der Waals surface area contributed by atoms with Gasteiger partial charge in [-0.2, -0.15) is 0 Å². The number of hydrogen-bond donors (Lipinski definition) is 1. The zero-order valence-electron chi connectivity index (χ0n) is 19.1. The van der Waals surface area contributed by atoms with Gasteiger partial charge in [-0.15, -0.1) is 0 Å². The van der Waals surface area contributed by atoms with Gasteiger partial charge in [0.05, 0.1) is 17.8 Å². The topological polar surface area (TPSA) is 46.0 Å². The normalized spacial score (nSPS) is 17.9. The van der Waals surface area contributed by atoms with Crippen LogP contribution < -0.4 is 5.32 Å². The summed E-state index contributed by atoms with van der Waals surface area (Å²) in [6.07, 6.45) is 5.51. The van der Waals surface area contributed by atoms with Gasteiger partial charge in [0.2, 0.25) is 0 Å². The van der Waals surface area contributed by atoms with E-state index in [4.69, 9.17) is 12.2 Å². The highest BCUT2D eigenvalue weighted by Gasteiger charge is 2.41. The lowest BCUT2D eigenvalue weighted by molar-refractivity contribution is 0.310. The third-order valence-electron chi connectivity index (χ3n) is 6.45. The summed E-state index contributed by atoms with van der Waals surface area (Å²) in [5.74, 6) is 0. The van der Waals surface area contributed by atoms with Gasteiger partial charge in [-0.05, 0) is 86.1 Å². The lowest BCUT2D eigenvalue weighted by Crippen LogP contribution is -2.29. The number of para-hydroxylation sites is 1. The molecule has 6 heteroatoms. The molecular formula is C27H27N5S. The minimum atomic E-state index is -0.0358. The number of rotatable bonds is 5. The van der Waals surface area contributed by atoms with E-state index in [9.17, 15) is 0 Å². The summed E-state index contributed by atoms with van der Waals surface area (Å²) in [5.41, 5.74) is 8.31. The zero-order chi connectivity index (χ0) is 22.9. The fraction of sp³-hybridized carbons (Fsp3) is 0.222. The Bertz CT molecular complexity index is 1280. The molecule has 0 aliphatic carbocycles. The molecule has 33 heavy (non-hydrogen) atoms. The van der Waals surface area contributed by atoms with Crippen LogP contribution in [0.2, 0.25) is 0 Å². The lowest BCUT2D eigenvalue weighted by Gasteiger charge is -2.28. The van der Waals surface area contributed by atoms with E-state index in [1.165, 1.54) is 33.8 Å². The molecule has 4 aromatic rings. The third-order valence-corrected chi connectivity index (χ3v) is 6.80. The molecule has 1 N–H and O–H groups in total. The van der Waals surface area contributed by atoms with E-state index in [-0.39, 0.29) is 12.1 Å². The maximum atomic E-state index is 5.86. The van der Waals surface area contributed by atoms with Crippen LogP contribution in [0, 0.1) is 20.8 Å². The van der Waals surface area contributed by atoms with Crippen molar-refractivity contribution in [3.05, 3.63) is 113 Å². The van der Waals surface area contributed by atoms with Crippen molar-refractivity contribution in [3.8, 4) is 5.69 Å². The minimum absolute atomic E-state index is 0.0181. The number of thiocarbonyl (C=S) groups is 1. The van der Waals surface area contributed by atoms with Gasteiger partial charge in [-0.1, -0.05) is 24.3 Å². The molecule has 0 saturated carbocycles. The predicted octanol–water partition coefficient (Wildman–Crippen LogP) is 5.37. The van der Waals surface area contributed by atoms with Crippen LogP contribution in [0.25, 0.3) is 5.69 Å². The molecule has 0 unspecified atom stereocenters. The van der Waals surface area contributed by atoms with Gasteiger partial charge >= 0.3 is 0 Å². The summed E-state index contributed by atoms with van der Waals surface area (Å²) in [6.45, 7) is 7.24. The van der Waals surface area contributed by atoms with Gasteiger partial charge in [0, 0.05) is 42.2 Å². The van der Waals surface area contributed by atoms with Crippen LogP contribution in [0.5, 0.6) is 0 Å². The van der Waals surface area contributed by atoms with Crippen LogP contribution in [-0.2, 0) is 6.54 Å². The maximum absolute atomic E-state index is 5.86. The molecule has 0 bridgehead atoms. The summed E-state index contributed by atoms with van der Waals surface area (Å²) in [6, 6.07) is 21.0. The van der Waals surface area contributed by atoms with Crippen LogP contribution in [0.15, 0.2) is 79.3 Å². The summed E-state index contributed by atoms with van der Waals surface area (Å²) < 4.78 is 2.35. The molecule has 3 aromatic heterocycles. The number of aryl methyl sites for hydroxylation is 2. The molecule has 166 valence electrons. The second kappa shape index (κ2) is 8.79. The molecule has 5 rings (SSSR count). The molecule has 1 aliphatic rings. The Morgan fingerprint density at radius 1 is 0.939 bits per heavy atom. The fourth-order valence-electron chi connectivity index (χ4n) is 4.87. The zero-order valence-corrected chi connectivity index (χ0v) is 19.9. The predicted molar refractivity (Wildman–Crippen MR) is 135 cm³/mol. The molecule has 4 heterocycles. The van der Waals surface area contributed by atoms with Crippen molar-refractivity contribution < 1.29 is 0 Å². The van der Waals surface area contributed by atoms with Gasteiger partial charge in [0.15, 0.2) is 5.11 Å². The van der Waals surface area contributed by atoms with Gasteiger partial charge in [0.25, 0.3) is 0 Å². The molecule has 0 spiro atoms. The highest BCUT2D eigenvalue weighted by Crippen LogP contribution is 2.42. The first-order valence-corrected chi connectivity index (χ1v) is 11.6. The molecule has 5 nitrogen and oxygen atoms in total. The monoisotopic (exact) mass is 453 g/mol. The van der Waals surface area contributed by atoms with E-state index in [0.717, 1.165) is 10.8 Å². The van der Waals surface area contributed by atoms with E-state index in [1.54, 1.807) is 0 Å². The smallest absolute Gasteiger partial charge is 0.170 e. The van der Waals surface area contributed by atoms with Crippen LogP contribution in [0.4, 0.5) is 0 Å². The average molecular weight is 454 g/mol. The second-order valence-corrected chi connectivity index (χ2v) is 8.95. The summed E-state index contributed by atoms with van der Waals surface area (Å²) in [7, 11) is 0. The number of nitrogens with one attached hydrogen (secondary N) is 1. The van der Waals surface area contributed by atoms with E-state index in [2.05, 4.69) is 81.9 Å². The Morgan fingerprint density at radius 3 is 2.42 bits per heavy atom. The molecule has 2 atom stereocenters. The van der Waals surface area contributed by atoms with Crippen molar-refractivity contribution in [2.24, 2.45) is 0 Å². The summed E-state index contributed by atoms with van der Waals surface area (Å²) >= 11 is 5.86. The number of hydrogen-bond acceptors (Lipinski definition) is 3. The number of pyridine rings is 2. The van der Waals surface area contributed by atoms with Crippen LogP contribution in [0.1, 0.15) is 45.9 Å². The standard InChI is InChI=1S/C27H27N5S/c1-18-8-4-5-10-24(18)32-19(2)16-22(20(32)3)26-25(23-9-6-7-13-29-23)30-27(33)31(26)17-21-11-14-28-15-12-21/h4-16,25-26H,17H2,1-3H3,(H,30,33)/t25-,26-/m0/s1. The van der Waals surface area contributed by atoms with Crippen molar-refractivity contribution in [1.29, 1.82) is 0 Å². The van der Waals surface area contributed by atoms with Crippen molar-refractivity contribution in [2.75, 3.05) is 0 Å². The van der Waals surface area contributed by atoms with Gasteiger partial charge in [0.1, 0.15) is 0 Å². The third kappa shape index (κ3) is 3.91. The van der Waals surface area contributed by atoms with Crippen molar-refractivity contribution >= 4 is 17.3 Å². The fourth-order valence-corrected chi connectivity index (χ4v) is 5.18. The van der Waals surface area contributed by atoms with E-state index >= 15 is 0 Å². The molecule has 1 fully saturated rings. The summed E-state index contributed by atoms with van der Waals surface area (Å²) in [5, 5.41) is 4.31. The van der Waals surface area contributed by atoms with Gasteiger partial charge in [-0.25, -0.2) is 0 Å². The molecule has 1 saturated heterocycles. The number of nitrogens with zero attached hydrogens (tertiary/aromatic N) is 4. The Hall–Kier alpha value is -3.51. The molecule has 0 radical (unpaired) electrons. The first kappa shape index (κ1) is 21.3. The molecule has 1 aromatic carbocycles. The van der Waals surface area contributed by atoms with Crippen LogP contribution >= 0.6 is 12.2 Å². The van der Waals surface area contributed by atoms with Crippen molar-refractivity contribution in [2.45, 2.75) is 39.4 Å². The molecular weight excluding hydrogens is 426 g/mol. The van der Waals surface area contributed by atoms with Gasteiger partial charge < -0.3 is 14.8 Å². The Morgan fingerprint density at radius 2 is 1.70 bits per heavy atom. The largest absolute Gasteiger partial charge is 0.352 e. The van der Waals surface area contributed by atoms with Gasteiger partial charge in [-0.3, -0.25) is 9.97 Å². The van der Waals surface area contributed by atoms with E-state index < -0.39 is 0 Å².